The maximum absolute atomic E-state index is 13.2. The predicted molar refractivity (Wildman–Crippen MR) is 122 cm³/mol. The van der Waals surface area contributed by atoms with Crippen LogP contribution in [0.25, 0.3) is 0 Å². The van der Waals surface area contributed by atoms with Gasteiger partial charge >= 0.3 is 0 Å². The van der Waals surface area contributed by atoms with Gasteiger partial charge in [0.15, 0.2) is 5.78 Å². The molecular formula is C24H23N5O3. The molecule has 1 aliphatic rings. The third kappa shape index (κ3) is 4.59. The maximum atomic E-state index is 13.2. The zero-order valence-corrected chi connectivity index (χ0v) is 17.4. The zero-order chi connectivity index (χ0) is 22.5. The lowest BCUT2D eigenvalue weighted by atomic mass is 10.0. The van der Waals surface area contributed by atoms with Crippen LogP contribution in [-0.2, 0) is 4.79 Å². The highest BCUT2D eigenvalue weighted by Gasteiger charge is 2.27. The molecule has 0 bridgehead atoms. The van der Waals surface area contributed by atoms with E-state index in [1.54, 1.807) is 29.2 Å². The number of anilines is 2. The van der Waals surface area contributed by atoms with Crippen LogP contribution in [-0.4, -0.2) is 45.7 Å². The fraction of sp³-hybridized carbons (Fsp3) is 0.167. The minimum absolute atomic E-state index is 0.0543. The Kier molecular flexibility index (Phi) is 6.12. The molecule has 0 aliphatic carbocycles. The number of aromatic nitrogens is 2. The van der Waals surface area contributed by atoms with Gasteiger partial charge in [0.1, 0.15) is 35.0 Å². The summed E-state index contributed by atoms with van der Waals surface area (Å²) >= 11 is 0. The lowest BCUT2D eigenvalue weighted by Crippen LogP contribution is -2.30. The Morgan fingerprint density at radius 1 is 1.09 bits per heavy atom. The van der Waals surface area contributed by atoms with Crippen molar-refractivity contribution in [3.63, 3.8) is 0 Å². The summed E-state index contributed by atoms with van der Waals surface area (Å²) < 4.78 is 5.78. The van der Waals surface area contributed by atoms with Crippen molar-refractivity contribution in [3.05, 3.63) is 84.7 Å². The number of rotatable bonds is 7. The highest BCUT2D eigenvalue weighted by molar-refractivity contribution is 6.14. The first-order valence-electron chi connectivity index (χ1n) is 10.2. The van der Waals surface area contributed by atoms with E-state index in [1.807, 2.05) is 30.3 Å². The van der Waals surface area contributed by atoms with Gasteiger partial charge in [0, 0.05) is 24.7 Å². The van der Waals surface area contributed by atoms with Crippen LogP contribution >= 0.6 is 0 Å². The van der Waals surface area contributed by atoms with Gasteiger partial charge in [0.25, 0.3) is 0 Å². The molecular weight excluding hydrogens is 406 g/mol. The third-order valence-corrected chi connectivity index (χ3v) is 5.21. The van der Waals surface area contributed by atoms with E-state index < -0.39 is 0 Å². The van der Waals surface area contributed by atoms with Gasteiger partial charge in [-0.05, 0) is 48.9 Å². The summed E-state index contributed by atoms with van der Waals surface area (Å²) in [7, 11) is 0. The number of nitrogens with zero attached hydrogens (tertiary/aromatic N) is 3. The van der Waals surface area contributed by atoms with E-state index in [2.05, 4.69) is 21.9 Å². The molecule has 1 aliphatic heterocycles. The Morgan fingerprint density at radius 3 is 2.53 bits per heavy atom. The number of nitrogen functional groups attached to an aromatic ring is 1. The van der Waals surface area contributed by atoms with Crippen LogP contribution in [0.4, 0.5) is 11.6 Å². The van der Waals surface area contributed by atoms with Crippen LogP contribution in [0.5, 0.6) is 11.5 Å². The van der Waals surface area contributed by atoms with E-state index in [0.717, 1.165) is 6.42 Å². The normalized spacial score (nSPS) is 15.2. The summed E-state index contributed by atoms with van der Waals surface area (Å²) in [5.74, 6) is 1.35. The first-order chi connectivity index (χ1) is 15.5. The van der Waals surface area contributed by atoms with Crippen molar-refractivity contribution in [2.45, 2.75) is 12.5 Å². The van der Waals surface area contributed by atoms with Crippen LogP contribution < -0.4 is 15.8 Å². The molecule has 162 valence electrons. The van der Waals surface area contributed by atoms with Gasteiger partial charge in [-0.25, -0.2) is 9.97 Å². The SMILES string of the molecule is C=CC(=O)N1CC[C@H](Nc2ncnc(N)c2C(=O)c2ccc(Oc3ccccc3)cc2)C1. The van der Waals surface area contributed by atoms with E-state index in [0.29, 0.717) is 36.0 Å². The fourth-order valence-electron chi connectivity index (χ4n) is 3.58. The topological polar surface area (TPSA) is 110 Å². The smallest absolute Gasteiger partial charge is 0.246 e. The molecule has 3 aromatic rings. The first-order valence-corrected chi connectivity index (χ1v) is 10.2. The number of hydrogen-bond acceptors (Lipinski definition) is 7. The molecule has 1 aromatic heterocycles. The molecule has 1 saturated heterocycles. The lowest BCUT2D eigenvalue weighted by molar-refractivity contribution is -0.125. The zero-order valence-electron chi connectivity index (χ0n) is 17.4. The van der Waals surface area contributed by atoms with E-state index in [4.69, 9.17) is 10.5 Å². The molecule has 3 N–H and O–H groups in total. The monoisotopic (exact) mass is 429 g/mol. The van der Waals surface area contributed by atoms with E-state index in [9.17, 15) is 9.59 Å². The second-order valence-corrected chi connectivity index (χ2v) is 7.37. The Morgan fingerprint density at radius 2 is 1.81 bits per heavy atom. The first kappa shape index (κ1) is 21.0. The largest absolute Gasteiger partial charge is 0.457 e. The number of nitrogens with two attached hydrogens (primary N) is 1. The lowest BCUT2D eigenvalue weighted by Gasteiger charge is -2.18. The Balaban J connectivity index is 1.51. The molecule has 8 nitrogen and oxygen atoms in total. The molecule has 32 heavy (non-hydrogen) atoms. The number of nitrogens with one attached hydrogen (secondary N) is 1. The van der Waals surface area contributed by atoms with Crippen molar-refractivity contribution in [2.24, 2.45) is 0 Å². The summed E-state index contributed by atoms with van der Waals surface area (Å²) in [6.07, 6.45) is 3.33. The van der Waals surface area contributed by atoms with Crippen molar-refractivity contribution in [2.75, 3.05) is 24.1 Å². The van der Waals surface area contributed by atoms with Crippen molar-refractivity contribution in [1.82, 2.24) is 14.9 Å². The minimum Gasteiger partial charge on any atom is -0.457 e. The highest BCUT2D eigenvalue weighted by Crippen LogP contribution is 2.26. The number of para-hydroxylation sites is 1. The predicted octanol–water partition coefficient (Wildman–Crippen LogP) is 3.28. The number of benzene rings is 2. The van der Waals surface area contributed by atoms with Gasteiger partial charge in [-0.3, -0.25) is 9.59 Å². The van der Waals surface area contributed by atoms with Gasteiger partial charge in [-0.1, -0.05) is 24.8 Å². The van der Waals surface area contributed by atoms with Crippen LogP contribution in [0.1, 0.15) is 22.3 Å². The molecule has 0 radical (unpaired) electrons. The molecule has 1 amide bonds. The molecule has 1 atom stereocenters. The number of amides is 1. The molecule has 0 unspecified atom stereocenters. The molecule has 4 rings (SSSR count). The molecule has 2 heterocycles. The Labute approximate surface area is 185 Å². The summed E-state index contributed by atoms with van der Waals surface area (Å²) in [5.41, 5.74) is 6.69. The van der Waals surface area contributed by atoms with Crippen molar-refractivity contribution >= 4 is 23.3 Å². The minimum atomic E-state index is -0.297. The number of carbonyl (C=O) groups excluding carboxylic acids is 2. The number of likely N-dealkylation sites (tertiary alicyclic amines) is 1. The van der Waals surface area contributed by atoms with E-state index in [1.165, 1.54) is 12.4 Å². The van der Waals surface area contributed by atoms with Crippen LogP contribution in [0.15, 0.2) is 73.6 Å². The van der Waals surface area contributed by atoms with E-state index in [-0.39, 0.29) is 29.1 Å². The maximum Gasteiger partial charge on any atom is 0.246 e. The van der Waals surface area contributed by atoms with Gasteiger partial charge in [-0.15, -0.1) is 0 Å². The number of ketones is 1. The van der Waals surface area contributed by atoms with Crippen LogP contribution in [0.3, 0.4) is 0 Å². The molecule has 0 spiro atoms. The Bertz CT molecular complexity index is 1130. The highest BCUT2D eigenvalue weighted by atomic mass is 16.5. The van der Waals surface area contributed by atoms with Gasteiger partial charge < -0.3 is 20.7 Å². The molecule has 8 heteroatoms. The standard InChI is InChI=1S/C24H23N5O3/c1-2-20(30)29-13-12-17(14-29)28-24-21(23(25)26-15-27-24)22(31)16-8-10-19(11-9-16)32-18-6-4-3-5-7-18/h2-11,15,17H,1,12-14H2,(H3,25,26,27,28)/t17-/m0/s1. The number of ether oxygens (including phenoxy) is 1. The fourth-order valence-corrected chi connectivity index (χ4v) is 3.58. The van der Waals surface area contributed by atoms with Crippen LogP contribution in [0.2, 0.25) is 0 Å². The molecule has 0 saturated carbocycles. The van der Waals surface area contributed by atoms with Gasteiger partial charge in [0.05, 0.1) is 0 Å². The average Bonchev–Trinajstić information content (AvgIpc) is 3.28. The van der Waals surface area contributed by atoms with Crippen molar-refractivity contribution < 1.29 is 14.3 Å². The second-order valence-electron chi connectivity index (χ2n) is 7.37. The average molecular weight is 429 g/mol. The van der Waals surface area contributed by atoms with Crippen molar-refractivity contribution in [1.29, 1.82) is 0 Å². The summed E-state index contributed by atoms with van der Waals surface area (Å²) in [5, 5.41) is 3.25. The van der Waals surface area contributed by atoms with Gasteiger partial charge in [0.2, 0.25) is 5.91 Å². The molecule has 2 aromatic carbocycles. The number of carbonyl (C=O) groups is 2. The quantitative estimate of drug-likeness (QED) is 0.438. The molecule has 1 fully saturated rings. The second kappa shape index (κ2) is 9.30. The van der Waals surface area contributed by atoms with E-state index >= 15 is 0 Å². The summed E-state index contributed by atoms with van der Waals surface area (Å²) in [4.78, 5) is 35.0. The van der Waals surface area contributed by atoms with Gasteiger partial charge in [-0.2, -0.15) is 0 Å². The number of hydrogen-bond donors (Lipinski definition) is 2. The third-order valence-electron chi connectivity index (χ3n) is 5.21. The summed E-state index contributed by atoms with van der Waals surface area (Å²) in [6, 6.07) is 16.1. The van der Waals surface area contributed by atoms with Crippen LogP contribution in [0, 0.1) is 0 Å². The Hall–Kier alpha value is -4.20. The summed E-state index contributed by atoms with van der Waals surface area (Å²) in [6.45, 7) is 4.62. The van der Waals surface area contributed by atoms with Crippen molar-refractivity contribution in [3.8, 4) is 11.5 Å².